The molecule has 0 amide bonds. The third-order valence-electron chi connectivity index (χ3n) is 2.86. The molecule has 0 unspecified atom stereocenters. The van der Waals surface area contributed by atoms with Crippen molar-refractivity contribution in [3.05, 3.63) is 22.7 Å². The van der Waals surface area contributed by atoms with Crippen molar-refractivity contribution in [1.82, 2.24) is 0 Å². The first-order valence-corrected chi connectivity index (χ1v) is 6.08. The summed E-state index contributed by atoms with van der Waals surface area (Å²) >= 11 is 5.88. The van der Waals surface area contributed by atoms with Gasteiger partial charge >= 0.3 is 0 Å². The first-order chi connectivity index (χ1) is 8.24. The van der Waals surface area contributed by atoms with Gasteiger partial charge in [0.25, 0.3) is 0 Å². The minimum Gasteiger partial charge on any atom is -0.493 e. The molecule has 1 saturated carbocycles. The highest BCUT2D eigenvalue weighted by Gasteiger charge is 2.21. The fourth-order valence-electron chi connectivity index (χ4n) is 1.72. The van der Waals surface area contributed by atoms with Gasteiger partial charge in [-0.2, -0.15) is 0 Å². The molecule has 0 atom stereocenters. The van der Waals surface area contributed by atoms with E-state index < -0.39 is 0 Å². The third-order valence-corrected chi connectivity index (χ3v) is 3.08. The van der Waals surface area contributed by atoms with Crippen LogP contribution in [0.4, 0.5) is 0 Å². The summed E-state index contributed by atoms with van der Waals surface area (Å²) in [4.78, 5) is 11.0. The number of rotatable bonds is 6. The first-order valence-electron chi connectivity index (χ1n) is 5.70. The Kier molecular flexibility index (Phi) is 3.89. The maximum absolute atomic E-state index is 11.0. The molecule has 92 valence electrons. The van der Waals surface area contributed by atoms with Crippen LogP contribution in [0.15, 0.2) is 12.1 Å². The number of hydrogen-bond acceptors (Lipinski definition) is 3. The molecule has 1 aliphatic carbocycles. The summed E-state index contributed by atoms with van der Waals surface area (Å²) < 4.78 is 10.8. The van der Waals surface area contributed by atoms with E-state index in [4.69, 9.17) is 21.1 Å². The smallest absolute Gasteiger partial charge is 0.171 e. The van der Waals surface area contributed by atoms with Crippen LogP contribution >= 0.6 is 11.6 Å². The van der Waals surface area contributed by atoms with Crippen LogP contribution in [-0.2, 0) is 0 Å². The highest BCUT2D eigenvalue weighted by Crippen LogP contribution is 2.36. The molecule has 1 aliphatic rings. The number of carbonyl (C=O) groups is 1. The summed E-state index contributed by atoms with van der Waals surface area (Å²) in [5.41, 5.74) is 0.435. The summed E-state index contributed by atoms with van der Waals surface area (Å²) in [6, 6.07) is 3.24. The zero-order chi connectivity index (χ0) is 12.3. The average Bonchev–Trinajstić information content (AvgIpc) is 3.14. The Labute approximate surface area is 106 Å². The van der Waals surface area contributed by atoms with Crippen molar-refractivity contribution in [2.24, 2.45) is 5.92 Å². The lowest BCUT2D eigenvalue weighted by Crippen LogP contribution is -2.03. The normalized spacial score (nSPS) is 14.5. The minimum absolute atomic E-state index is 0.435. The van der Waals surface area contributed by atoms with Gasteiger partial charge in [-0.1, -0.05) is 24.4 Å². The maximum Gasteiger partial charge on any atom is 0.171 e. The Morgan fingerprint density at radius 3 is 2.82 bits per heavy atom. The molecule has 1 aromatic rings. The number of benzene rings is 1. The van der Waals surface area contributed by atoms with E-state index in [1.165, 1.54) is 20.0 Å². The van der Waals surface area contributed by atoms with E-state index in [1.54, 1.807) is 12.1 Å². The van der Waals surface area contributed by atoms with Crippen LogP contribution in [0.1, 0.15) is 29.6 Å². The van der Waals surface area contributed by atoms with Crippen LogP contribution in [0.5, 0.6) is 11.5 Å². The fourth-order valence-corrected chi connectivity index (χ4v) is 1.93. The fraction of sp³-hybridized carbons (Fsp3) is 0.462. The number of ether oxygens (including phenoxy) is 2. The molecule has 1 fully saturated rings. The SMILES string of the molecule is COc1cc(Cl)cc(C=O)c1OCCC1CC1. The van der Waals surface area contributed by atoms with Crippen LogP contribution < -0.4 is 9.47 Å². The van der Waals surface area contributed by atoms with Gasteiger partial charge in [-0.25, -0.2) is 0 Å². The number of hydrogen-bond donors (Lipinski definition) is 0. The van der Waals surface area contributed by atoms with Crippen LogP contribution in [0.3, 0.4) is 0 Å². The van der Waals surface area contributed by atoms with E-state index in [0.29, 0.717) is 28.7 Å². The second-order valence-corrected chi connectivity index (χ2v) is 4.66. The minimum atomic E-state index is 0.435. The lowest BCUT2D eigenvalue weighted by Gasteiger charge is -2.13. The molecule has 2 rings (SSSR count). The van der Waals surface area contributed by atoms with Crippen molar-refractivity contribution in [3.8, 4) is 11.5 Å². The van der Waals surface area contributed by atoms with Gasteiger partial charge in [-0.05, 0) is 18.4 Å². The Hall–Kier alpha value is -1.22. The van der Waals surface area contributed by atoms with E-state index >= 15 is 0 Å². The summed E-state index contributed by atoms with van der Waals surface area (Å²) in [6.45, 7) is 0.615. The Bertz CT molecular complexity index is 413. The lowest BCUT2D eigenvalue weighted by atomic mass is 10.2. The average molecular weight is 255 g/mol. The van der Waals surface area contributed by atoms with E-state index in [1.807, 2.05) is 0 Å². The van der Waals surface area contributed by atoms with Crippen molar-refractivity contribution in [3.63, 3.8) is 0 Å². The predicted octanol–water partition coefficient (Wildman–Crippen LogP) is 3.34. The summed E-state index contributed by atoms with van der Waals surface area (Å²) in [5, 5.41) is 0.471. The highest BCUT2D eigenvalue weighted by atomic mass is 35.5. The first kappa shape index (κ1) is 12.2. The molecule has 0 saturated heterocycles. The quantitative estimate of drug-likeness (QED) is 0.731. The van der Waals surface area contributed by atoms with E-state index in [0.717, 1.165) is 18.6 Å². The molecule has 0 aliphatic heterocycles. The van der Waals surface area contributed by atoms with Crippen molar-refractivity contribution in [1.29, 1.82) is 0 Å². The molecule has 0 heterocycles. The Morgan fingerprint density at radius 2 is 2.24 bits per heavy atom. The van der Waals surface area contributed by atoms with Crippen LogP contribution in [0.2, 0.25) is 5.02 Å². The molecule has 0 N–H and O–H groups in total. The van der Waals surface area contributed by atoms with Gasteiger partial charge in [-0.15, -0.1) is 0 Å². The molecule has 0 aromatic heterocycles. The molecule has 0 radical (unpaired) electrons. The van der Waals surface area contributed by atoms with Crippen molar-refractivity contribution < 1.29 is 14.3 Å². The van der Waals surface area contributed by atoms with E-state index in [9.17, 15) is 4.79 Å². The largest absolute Gasteiger partial charge is 0.493 e. The van der Waals surface area contributed by atoms with Gasteiger partial charge in [0.2, 0.25) is 0 Å². The molecule has 17 heavy (non-hydrogen) atoms. The highest BCUT2D eigenvalue weighted by molar-refractivity contribution is 6.31. The van der Waals surface area contributed by atoms with Gasteiger partial charge in [0.05, 0.1) is 19.3 Å². The Morgan fingerprint density at radius 1 is 1.47 bits per heavy atom. The molecule has 0 bridgehead atoms. The second-order valence-electron chi connectivity index (χ2n) is 4.22. The van der Waals surface area contributed by atoms with Crippen molar-refractivity contribution in [2.75, 3.05) is 13.7 Å². The zero-order valence-electron chi connectivity index (χ0n) is 9.74. The molecular weight excluding hydrogens is 240 g/mol. The molecule has 0 spiro atoms. The standard InChI is InChI=1S/C13H15ClO3/c1-16-12-7-11(14)6-10(8-15)13(12)17-5-4-9-2-3-9/h6-9H,2-5H2,1H3. The van der Waals surface area contributed by atoms with Crippen LogP contribution in [0, 0.1) is 5.92 Å². The summed E-state index contributed by atoms with van der Waals surface area (Å²) in [7, 11) is 1.54. The van der Waals surface area contributed by atoms with Gasteiger partial charge in [0.15, 0.2) is 17.8 Å². The lowest BCUT2D eigenvalue weighted by molar-refractivity contribution is 0.111. The molecule has 3 nitrogen and oxygen atoms in total. The van der Waals surface area contributed by atoms with Gasteiger partial charge in [0.1, 0.15) is 0 Å². The Balaban J connectivity index is 2.12. The van der Waals surface area contributed by atoms with Crippen LogP contribution in [-0.4, -0.2) is 20.0 Å². The predicted molar refractivity (Wildman–Crippen MR) is 66.2 cm³/mol. The van der Waals surface area contributed by atoms with Crippen molar-refractivity contribution in [2.45, 2.75) is 19.3 Å². The zero-order valence-corrected chi connectivity index (χ0v) is 10.5. The van der Waals surface area contributed by atoms with Crippen LogP contribution in [0.25, 0.3) is 0 Å². The molecular formula is C13H15ClO3. The van der Waals surface area contributed by atoms with E-state index in [-0.39, 0.29) is 0 Å². The number of methoxy groups -OCH3 is 1. The summed E-state index contributed by atoms with van der Waals surface area (Å²) in [5.74, 6) is 1.80. The maximum atomic E-state index is 11.0. The van der Waals surface area contributed by atoms with Gasteiger partial charge in [-0.3, -0.25) is 4.79 Å². The second kappa shape index (κ2) is 5.41. The molecule has 1 aromatic carbocycles. The van der Waals surface area contributed by atoms with Gasteiger partial charge < -0.3 is 9.47 Å². The number of halogens is 1. The number of carbonyl (C=O) groups excluding carboxylic acids is 1. The van der Waals surface area contributed by atoms with E-state index in [2.05, 4.69) is 0 Å². The van der Waals surface area contributed by atoms with Crippen molar-refractivity contribution >= 4 is 17.9 Å². The summed E-state index contributed by atoms with van der Waals surface area (Å²) in [6.07, 6.45) is 4.36. The molecule has 4 heteroatoms. The monoisotopic (exact) mass is 254 g/mol. The third kappa shape index (κ3) is 3.13. The van der Waals surface area contributed by atoms with Gasteiger partial charge in [0, 0.05) is 11.1 Å². The topological polar surface area (TPSA) is 35.5 Å². The number of aldehydes is 1.